The van der Waals surface area contributed by atoms with Crippen LogP contribution in [0.4, 0.5) is 11.8 Å². The number of aromatic nitrogens is 3. The van der Waals surface area contributed by atoms with E-state index < -0.39 is 0 Å². The molecule has 7 heteroatoms. The van der Waals surface area contributed by atoms with Crippen molar-refractivity contribution in [1.29, 1.82) is 0 Å². The monoisotopic (exact) mass is 473 g/mol. The molecule has 3 aromatic rings. The van der Waals surface area contributed by atoms with Crippen molar-refractivity contribution >= 4 is 33.3 Å². The van der Waals surface area contributed by atoms with Gasteiger partial charge in [-0.15, -0.1) is 11.3 Å². The number of benzene rings is 1. The first-order chi connectivity index (χ1) is 16.7. The molecule has 34 heavy (non-hydrogen) atoms. The second-order valence-corrected chi connectivity index (χ2v) is 10.1. The molecule has 2 aliphatic rings. The lowest BCUT2D eigenvalue weighted by Gasteiger charge is -2.18. The van der Waals surface area contributed by atoms with Crippen LogP contribution in [-0.2, 0) is 0 Å². The van der Waals surface area contributed by atoms with Crippen molar-refractivity contribution in [3.8, 4) is 10.6 Å². The van der Waals surface area contributed by atoms with Crippen LogP contribution in [0, 0.1) is 12.8 Å². The highest BCUT2D eigenvalue weighted by atomic mass is 32.1. The van der Waals surface area contributed by atoms with Gasteiger partial charge < -0.3 is 15.7 Å². The van der Waals surface area contributed by atoms with E-state index in [0.717, 1.165) is 70.9 Å². The maximum absolute atomic E-state index is 9.59. The van der Waals surface area contributed by atoms with E-state index in [4.69, 9.17) is 15.0 Å². The third-order valence-corrected chi connectivity index (χ3v) is 7.56. The van der Waals surface area contributed by atoms with Crippen LogP contribution < -0.4 is 10.6 Å². The molecular formula is C27H31N5OS. The first kappa shape index (κ1) is 22.7. The Morgan fingerprint density at radius 2 is 2.03 bits per heavy atom. The van der Waals surface area contributed by atoms with Gasteiger partial charge in [0.05, 0.1) is 21.5 Å². The van der Waals surface area contributed by atoms with Crippen LogP contribution in [0.1, 0.15) is 37.8 Å². The molecule has 0 radical (unpaired) electrons. The fourth-order valence-electron chi connectivity index (χ4n) is 4.68. The minimum atomic E-state index is 0.248. The summed E-state index contributed by atoms with van der Waals surface area (Å²) >= 11 is 1.67. The maximum atomic E-state index is 9.59. The van der Waals surface area contributed by atoms with Crippen LogP contribution in [0.2, 0.25) is 0 Å². The lowest BCUT2D eigenvalue weighted by Crippen LogP contribution is -2.19. The number of allylic oxidation sites excluding steroid dienone is 5. The van der Waals surface area contributed by atoms with Gasteiger partial charge in [-0.1, -0.05) is 42.5 Å². The van der Waals surface area contributed by atoms with Gasteiger partial charge in [0, 0.05) is 19.2 Å². The number of thiazole rings is 1. The van der Waals surface area contributed by atoms with Crippen molar-refractivity contribution in [2.75, 3.05) is 23.8 Å². The second-order valence-electron chi connectivity index (χ2n) is 9.02. The molecule has 2 aliphatic carbocycles. The average molecular weight is 474 g/mol. The molecule has 0 aliphatic heterocycles. The van der Waals surface area contributed by atoms with Crippen molar-refractivity contribution in [2.24, 2.45) is 5.92 Å². The van der Waals surface area contributed by atoms with E-state index in [1.54, 1.807) is 11.3 Å². The average Bonchev–Trinajstić information content (AvgIpc) is 3.38. The molecule has 2 aromatic heterocycles. The fraction of sp³-hybridized carbons (Fsp3) is 0.370. The van der Waals surface area contributed by atoms with Crippen molar-refractivity contribution < 1.29 is 5.11 Å². The Morgan fingerprint density at radius 1 is 1.12 bits per heavy atom. The standard InChI is InChI=1S/C27H31N5OS/c1-18-24(26-31-22-10-6-7-11-23(22)34-26)25(30-21-13-12-20(16-21)17-33)32-27(29-18)28-15-14-19-8-4-2-3-5-9-19/h2-4,6-11,20-21,33H,5,12-17H2,1H3,(H2,28,29,30,32)/t20?,21-/m0/s1. The van der Waals surface area contributed by atoms with Crippen molar-refractivity contribution in [2.45, 2.75) is 45.1 Å². The van der Waals surface area contributed by atoms with Crippen LogP contribution in [0.5, 0.6) is 0 Å². The highest BCUT2D eigenvalue weighted by molar-refractivity contribution is 7.21. The fourth-order valence-corrected chi connectivity index (χ4v) is 5.75. The minimum absolute atomic E-state index is 0.248. The Kier molecular flexibility index (Phi) is 7.02. The second kappa shape index (κ2) is 10.5. The topological polar surface area (TPSA) is 83.0 Å². The normalized spacial score (nSPS) is 19.9. The number of hydrogen-bond acceptors (Lipinski definition) is 7. The van der Waals surface area contributed by atoms with E-state index >= 15 is 0 Å². The van der Waals surface area contributed by atoms with Gasteiger partial charge in [-0.05, 0) is 62.7 Å². The van der Waals surface area contributed by atoms with E-state index in [1.165, 1.54) is 5.57 Å². The molecular weight excluding hydrogens is 442 g/mol. The summed E-state index contributed by atoms with van der Waals surface area (Å²) in [7, 11) is 0. The van der Waals surface area contributed by atoms with Gasteiger partial charge in [0.2, 0.25) is 5.95 Å². The Bertz CT molecular complexity index is 1210. The van der Waals surface area contributed by atoms with E-state index in [2.05, 4.69) is 47.1 Å². The summed E-state index contributed by atoms with van der Waals surface area (Å²) in [5.74, 6) is 1.83. The number of anilines is 2. The molecule has 0 spiro atoms. The van der Waals surface area contributed by atoms with E-state index in [9.17, 15) is 5.11 Å². The van der Waals surface area contributed by atoms with Gasteiger partial charge in [0.15, 0.2) is 0 Å². The van der Waals surface area contributed by atoms with Crippen LogP contribution in [0.15, 0.2) is 60.2 Å². The smallest absolute Gasteiger partial charge is 0.224 e. The van der Waals surface area contributed by atoms with Gasteiger partial charge in [0.25, 0.3) is 0 Å². The van der Waals surface area contributed by atoms with Crippen LogP contribution in [0.25, 0.3) is 20.8 Å². The Balaban J connectivity index is 1.41. The zero-order valence-corrected chi connectivity index (χ0v) is 20.3. The number of fused-ring (bicyclic) bond motifs is 1. The van der Waals surface area contributed by atoms with E-state index in [0.29, 0.717) is 17.9 Å². The third-order valence-electron chi connectivity index (χ3n) is 6.51. The molecule has 0 bridgehead atoms. The number of aryl methyl sites for hydroxylation is 1. The van der Waals surface area contributed by atoms with Crippen molar-refractivity contribution in [3.63, 3.8) is 0 Å². The first-order valence-electron chi connectivity index (χ1n) is 12.1. The summed E-state index contributed by atoms with van der Waals surface area (Å²) in [6.45, 7) is 3.05. The van der Waals surface area contributed by atoms with Gasteiger partial charge in [-0.25, -0.2) is 9.97 Å². The molecule has 5 rings (SSSR count). The molecule has 0 saturated heterocycles. The number of aliphatic hydroxyl groups is 1. The molecule has 2 atom stereocenters. The quantitative estimate of drug-likeness (QED) is 0.379. The molecule has 1 fully saturated rings. The Hall–Kier alpha value is -3.03. The number of aliphatic hydroxyl groups excluding tert-OH is 1. The highest BCUT2D eigenvalue weighted by Crippen LogP contribution is 2.37. The summed E-state index contributed by atoms with van der Waals surface area (Å²) in [6.07, 6.45) is 15.7. The van der Waals surface area contributed by atoms with Crippen molar-refractivity contribution in [1.82, 2.24) is 15.0 Å². The lowest BCUT2D eigenvalue weighted by molar-refractivity contribution is 0.229. The summed E-state index contributed by atoms with van der Waals surface area (Å²) in [6, 6.07) is 8.50. The molecule has 1 unspecified atom stereocenters. The maximum Gasteiger partial charge on any atom is 0.224 e. The predicted molar refractivity (Wildman–Crippen MR) is 141 cm³/mol. The highest BCUT2D eigenvalue weighted by Gasteiger charge is 2.26. The van der Waals surface area contributed by atoms with Gasteiger partial charge in [-0.2, -0.15) is 4.98 Å². The minimum Gasteiger partial charge on any atom is -0.396 e. The summed E-state index contributed by atoms with van der Waals surface area (Å²) in [5.41, 5.74) is 4.20. The third kappa shape index (κ3) is 5.21. The van der Waals surface area contributed by atoms with Gasteiger partial charge in [-0.3, -0.25) is 0 Å². The number of nitrogens with zero attached hydrogens (tertiary/aromatic N) is 3. The number of nitrogens with one attached hydrogen (secondary N) is 2. The van der Waals surface area contributed by atoms with E-state index in [1.807, 2.05) is 25.1 Å². The molecule has 1 aromatic carbocycles. The molecule has 2 heterocycles. The molecule has 0 amide bonds. The molecule has 6 nitrogen and oxygen atoms in total. The number of hydrogen-bond donors (Lipinski definition) is 3. The number of rotatable bonds is 8. The van der Waals surface area contributed by atoms with Crippen molar-refractivity contribution in [3.05, 3.63) is 65.9 Å². The zero-order chi connectivity index (χ0) is 23.3. The summed E-state index contributed by atoms with van der Waals surface area (Å²) in [4.78, 5) is 14.6. The predicted octanol–water partition coefficient (Wildman–Crippen LogP) is 5.88. The van der Waals surface area contributed by atoms with Crippen LogP contribution in [-0.4, -0.2) is 39.3 Å². The molecule has 3 N–H and O–H groups in total. The first-order valence-corrected chi connectivity index (χ1v) is 12.9. The van der Waals surface area contributed by atoms with Crippen LogP contribution >= 0.6 is 11.3 Å². The largest absolute Gasteiger partial charge is 0.396 e. The summed E-state index contributed by atoms with van der Waals surface area (Å²) < 4.78 is 1.16. The molecule has 1 saturated carbocycles. The van der Waals surface area contributed by atoms with Crippen LogP contribution in [0.3, 0.4) is 0 Å². The van der Waals surface area contributed by atoms with Gasteiger partial charge >= 0.3 is 0 Å². The van der Waals surface area contributed by atoms with Gasteiger partial charge in [0.1, 0.15) is 10.8 Å². The zero-order valence-electron chi connectivity index (χ0n) is 19.5. The lowest BCUT2D eigenvalue weighted by atomic mass is 10.1. The SMILES string of the molecule is Cc1nc(NCCC2=CCC=CC=C2)nc(N[C@H]2CCC(CO)C2)c1-c1nc2ccccc2s1. The number of para-hydroxylation sites is 1. The summed E-state index contributed by atoms with van der Waals surface area (Å²) in [5, 5.41) is 17.6. The van der Waals surface area contributed by atoms with E-state index in [-0.39, 0.29) is 6.61 Å². The molecule has 176 valence electrons. The Labute approximate surface area is 204 Å². The Morgan fingerprint density at radius 3 is 2.88 bits per heavy atom.